The molecule has 5 heteroatoms. The maximum Gasteiger partial charge on any atom is 0.236 e. The molecule has 0 radical (unpaired) electrons. The molecule has 5 nitrogen and oxygen atoms in total. The first kappa shape index (κ1) is 18.2. The van der Waals surface area contributed by atoms with E-state index >= 15 is 0 Å². The maximum atomic E-state index is 12.4. The Balaban J connectivity index is 1.88. The van der Waals surface area contributed by atoms with Crippen molar-refractivity contribution in [1.29, 1.82) is 0 Å². The number of nitrogens with zero attached hydrogens (tertiary/aromatic N) is 4. The Labute approximate surface area is 144 Å². The van der Waals surface area contributed by atoms with Crippen LogP contribution < -0.4 is 0 Å². The lowest BCUT2D eigenvalue weighted by atomic mass is 10.1. The van der Waals surface area contributed by atoms with Gasteiger partial charge in [-0.15, -0.1) is 0 Å². The Morgan fingerprint density at radius 3 is 2.38 bits per heavy atom. The van der Waals surface area contributed by atoms with Gasteiger partial charge in [-0.2, -0.15) is 5.10 Å². The molecule has 0 spiro atoms. The summed E-state index contributed by atoms with van der Waals surface area (Å²) in [5.74, 6) is 0.119. The highest BCUT2D eigenvalue weighted by Crippen LogP contribution is 2.10. The number of aryl methyl sites for hydroxylation is 2. The molecule has 0 unspecified atom stereocenters. The van der Waals surface area contributed by atoms with Crippen LogP contribution in [-0.4, -0.2) is 46.1 Å². The topological polar surface area (TPSA) is 41.4 Å². The van der Waals surface area contributed by atoms with Crippen LogP contribution in [0.15, 0.2) is 30.5 Å². The van der Waals surface area contributed by atoms with E-state index in [-0.39, 0.29) is 5.91 Å². The summed E-state index contributed by atoms with van der Waals surface area (Å²) in [5, 5.41) is 4.34. The second-order valence-corrected chi connectivity index (χ2v) is 6.48. The zero-order chi connectivity index (χ0) is 17.7. The smallest absolute Gasteiger partial charge is 0.236 e. The van der Waals surface area contributed by atoms with Crippen LogP contribution in [0.3, 0.4) is 0 Å². The molecule has 0 N–H and O–H groups in total. The molecule has 130 valence electrons. The van der Waals surface area contributed by atoms with Crippen molar-refractivity contribution in [3.8, 4) is 0 Å². The third-order valence-electron chi connectivity index (χ3n) is 4.32. The third kappa shape index (κ3) is 4.68. The van der Waals surface area contributed by atoms with Crippen LogP contribution in [0.1, 0.15) is 29.3 Å². The van der Waals surface area contributed by atoms with Crippen LogP contribution in [0, 0.1) is 13.8 Å². The first-order chi connectivity index (χ1) is 11.4. The highest BCUT2D eigenvalue weighted by molar-refractivity contribution is 5.78. The molecule has 2 rings (SSSR count). The van der Waals surface area contributed by atoms with Crippen LogP contribution in [0.25, 0.3) is 0 Å². The minimum atomic E-state index is 0.119. The van der Waals surface area contributed by atoms with E-state index in [0.29, 0.717) is 13.1 Å². The van der Waals surface area contributed by atoms with E-state index in [2.05, 4.69) is 43.2 Å². The normalized spacial score (nSPS) is 11.1. The van der Waals surface area contributed by atoms with Gasteiger partial charge in [0.15, 0.2) is 0 Å². The fraction of sp³-hybridized carbons (Fsp3) is 0.474. The van der Waals surface area contributed by atoms with Crippen molar-refractivity contribution in [1.82, 2.24) is 19.6 Å². The number of carbonyl (C=O) groups is 1. The van der Waals surface area contributed by atoms with Crippen molar-refractivity contribution < 1.29 is 4.79 Å². The number of likely N-dealkylation sites (N-methyl/N-ethyl adjacent to an activating group) is 2. The summed E-state index contributed by atoms with van der Waals surface area (Å²) < 4.78 is 1.96. The highest BCUT2D eigenvalue weighted by atomic mass is 16.2. The Morgan fingerprint density at radius 2 is 1.79 bits per heavy atom. The lowest BCUT2D eigenvalue weighted by molar-refractivity contribution is -0.131. The van der Waals surface area contributed by atoms with Gasteiger partial charge in [0.1, 0.15) is 0 Å². The molecule has 0 aliphatic heterocycles. The molecule has 2 aromatic rings. The molecule has 0 bridgehead atoms. The predicted molar refractivity (Wildman–Crippen MR) is 96.6 cm³/mol. The van der Waals surface area contributed by atoms with Crippen molar-refractivity contribution in [3.05, 3.63) is 52.8 Å². The van der Waals surface area contributed by atoms with E-state index < -0.39 is 0 Å². The first-order valence-electron chi connectivity index (χ1n) is 8.40. The van der Waals surface area contributed by atoms with E-state index in [9.17, 15) is 4.79 Å². The molecule has 0 atom stereocenters. The summed E-state index contributed by atoms with van der Waals surface area (Å²) in [6, 6.07) is 8.43. The van der Waals surface area contributed by atoms with Gasteiger partial charge in [-0.3, -0.25) is 14.4 Å². The van der Waals surface area contributed by atoms with Crippen molar-refractivity contribution in [2.45, 2.75) is 40.4 Å². The molecule has 1 amide bonds. The standard InChI is InChI=1S/C19H28N4O/c1-6-23-16(3)18(11-20-23)13-22(5)19(24)14-21(4)12-17-9-7-15(2)8-10-17/h7-11H,6,12-14H2,1-5H3. The maximum absolute atomic E-state index is 12.4. The molecule has 0 aliphatic rings. The van der Waals surface area contributed by atoms with Gasteiger partial charge in [0.25, 0.3) is 0 Å². The van der Waals surface area contributed by atoms with Gasteiger partial charge in [0, 0.05) is 37.9 Å². The fourth-order valence-corrected chi connectivity index (χ4v) is 2.72. The number of amides is 1. The molecule has 0 fully saturated rings. The number of aromatic nitrogens is 2. The van der Waals surface area contributed by atoms with Crippen LogP contribution in [0.4, 0.5) is 0 Å². The number of hydrogen-bond acceptors (Lipinski definition) is 3. The highest BCUT2D eigenvalue weighted by Gasteiger charge is 2.15. The predicted octanol–water partition coefficient (Wildman–Crippen LogP) is 2.61. The molecule has 0 saturated carbocycles. The van der Waals surface area contributed by atoms with Crippen molar-refractivity contribution >= 4 is 5.91 Å². The molecule has 24 heavy (non-hydrogen) atoms. The summed E-state index contributed by atoms with van der Waals surface area (Å²) in [4.78, 5) is 16.3. The Kier molecular flexibility index (Phi) is 6.15. The number of rotatable bonds is 7. The second kappa shape index (κ2) is 8.11. The fourth-order valence-electron chi connectivity index (χ4n) is 2.72. The molecule has 1 aromatic carbocycles. The number of carbonyl (C=O) groups excluding carboxylic acids is 1. The minimum absolute atomic E-state index is 0.119. The largest absolute Gasteiger partial charge is 0.340 e. The van der Waals surface area contributed by atoms with Gasteiger partial charge in [0.2, 0.25) is 5.91 Å². The zero-order valence-corrected chi connectivity index (χ0v) is 15.4. The van der Waals surface area contributed by atoms with Crippen LogP contribution in [0.5, 0.6) is 0 Å². The van der Waals surface area contributed by atoms with Crippen molar-refractivity contribution in [2.24, 2.45) is 0 Å². The van der Waals surface area contributed by atoms with Crippen LogP contribution >= 0.6 is 0 Å². The van der Waals surface area contributed by atoms with E-state index in [4.69, 9.17) is 0 Å². The van der Waals surface area contributed by atoms with Crippen LogP contribution in [-0.2, 0) is 24.4 Å². The Bertz CT molecular complexity index is 675. The summed E-state index contributed by atoms with van der Waals surface area (Å²) >= 11 is 0. The first-order valence-corrected chi connectivity index (χ1v) is 8.40. The average molecular weight is 328 g/mol. The quantitative estimate of drug-likeness (QED) is 0.784. The third-order valence-corrected chi connectivity index (χ3v) is 4.32. The summed E-state index contributed by atoms with van der Waals surface area (Å²) in [6.45, 7) is 8.82. The van der Waals surface area contributed by atoms with E-state index in [1.54, 1.807) is 4.90 Å². The summed E-state index contributed by atoms with van der Waals surface area (Å²) in [7, 11) is 3.83. The van der Waals surface area contributed by atoms with Gasteiger partial charge in [-0.05, 0) is 33.4 Å². The van der Waals surface area contributed by atoms with Crippen LogP contribution in [0.2, 0.25) is 0 Å². The van der Waals surface area contributed by atoms with Gasteiger partial charge >= 0.3 is 0 Å². The van der Waals surface area contributed by atoms with E-state index in [1.807, 2.05) is 36.8 Å². The molecule has 0 aliphatic carbocycles. The summed E-state index contributed by atoms with van der Waals surface area (Å²) in [5.41, 5.74) is 4.71. The average Bonchev–Trinajstić information content (AvgIpc) is 2.89. The monoisotopic (exact) mass is 328 g/mol. The summed E-state index contributed by atoms with van der Waals surface area (Å²) in [6.07, 6.45) is 1.86. The van der Waals surface area contributed by atoms with Gasteiger partial charge < -0.3 is 4.90 Å². The van der Waals surface area contributed by atoms with E-state index in [1.165, 1.54) is 11.1 Å². The SMILES string of the molecule is CCn1ncc(CN(C)C(=O)CN(C)Cc2ccc(C)cc2)c1C. The molecular weight excluding hydrogens is 300 g/mol. The zero-order valence-electron chi connectivity index (χ0n) is 15.4. The lowest BCUT2D eigenvalue weighted by Gasteiger charge is -2.22. The van der Waals surface area contributed by atoms with E-state index in [0.717, 1.165) is 24.3 Å². The molecular formula is C19H28N4O. The van der Waals surface area contributed by atoms with Gasteiger partial charge in [-0.1, -0.05) is 29.8 Å². The van der Waals surface area contributed by atoms with Gasteiger partial charge in [0.05, 0.1) is 12.7 Å². The number of benzene rings is 1. The Hall–Kier alpha value is -2.14. The molecule has 1 aromatic heterocycles. The van der Waals surface area contributed by atoms with Crippen molar-refractivity contribution in [2.75, 3.05) is 20.6 Å². The Morgan fingerprint density at radius 1 is 1.12 bits per heavy atom. The molecule has 0 saturated heterocycles. The molecule has 1 heterocycles. The second-order valence-electron chi connectivity index (χ2n) is 6.48. The lowest BCUT2D eigenvalue weighted by Crippen LogP contribution is -2.36. The number of hydrogen-bond donors (Lipinski definition) is 0. The van der Waals surface area contributed by atoms with Crippen molar-refractivity contribution in [3.63, 3.8) is 0 Å². The van der Waals surface area contributed by atoms with Gasteiger partial charge in [-0.25, -0.2) is 0 Å². The minimum Gasteiger partial charge on any atom is -0.340 e.